The lowest BCUT2D eigenvalue weighted by Gasteiger charge is -1.93. The molecule has 5 heteroatoms. The molecule has 0 radical (unpaired) electrons. The maximum absolute atomic E-state index is 4.84. The fourth-order valence-corrected chi connectivity index (χ4v) is 1.10. The molecule has 1 aromatic rings. The van der Waals surface area contributed by atoms with Gasteiger partial charge in [-0.05, 0) is 24.4 Å². The van der Waals surface area contributed by atoms with E-state index in [0.717, 1.165) is 12.2 Å². The van der Waals surface area contributed by atoms with Gasteiger partial charge in [-0.3, -0.25) is 0 Å². The summed E-state index contributed by atoms with van der Waals surface area (Å²) in [5, 5.41) is 0. The van der Waals surface area contributed by atoms with Crippen molar-refractivity contribution in [3.63, 3.8) is 0 Å². The van der Waals surface area contributed by atoms with Gasteiger partial charge >= 0.3 is 0 Å². The topological polar surface area (TPSA) is 44.5 Å². The Hall–Kier alpha value is -0.550. The number of H-pyrrole nitrogens is 2. The molecule has 1 heterocycles. The Morgan fingerprint density at radius 1 is 1.40 bits per heavy atom. The SMILES string of the molecule is CCc1nc(=S)[nH]c(=S)[nH]1. The Morgan fingerprint density at radius 2 is 2.10 bits per heavy atom. The maximum Gasteiger partial charge on any atom is 0.200 e. The van der Waals surface area contributed by atoms with Gasteiger partial charge in [0.15, 0.2) is 4.77 Å². The first-order chi connectivity index (χ1) is 4.72. The van der Waals surface area contributed by atoms with Crippen LogP contribution in [0.1, 0.15) is 12.7 Å². The van der Waals surface area contributed by atoms with E-state index in [2.05, 4.69) is 15.0 Å². The van der Waals surface area contributed by atoms with E-state index in [1.54, 1.807) is 0 Å². The number of nitrogens with zero attached hydrogens (tertiary/aromatic N) is 1. The van der Waals surface area contributed by atoms with Crippen LogP contribution < -0.4 is 0 Å². The smallest absolute Gasteiger partial charge is 0.200 e. The highest BCUT2D eigenvalue weighted by Gasteiger charge is 1.88. The summed E-state index contributed by atoms with van der Waals surface area (Å²) in [7, 11) is 0. The van der Waals surface area contributed by atoms with Crippen molar-refractivity contribution in [2.45, 2.75) is 13.3 Å². The lowest BCUT2D eigenvalue weighted by Crippen LogP contribution is -1.95. The zero-order valence-corrected chi connectivity index (χ0v) is 7.10. The summed E-state index contributed by atoms with van der Waals surface area (Å²) < 4.78 is 0.984. The van der Waals surface area contributed by atoms with Crippen LogP contribution in [0.2, 0.25) is 0 Å². The van der Waals surface area contributed by atoms with Gasteiger partial charge in [0.05, 0.1) is 0 Å². The molecular formula is C5H7N3S2. The number of hydrogen-bond donors (Lipinski definition) is 2. The van der Waals surface area contributed by atoms with Crippen LogP contribution in [-0.2, 0) is 6.42 Å². The Balaban J connectivity index is 3.33. The first-order valence-electron chi connectivity index (χ1n) is 2.92. The van der Waals surface area contributed by atoms with Gasteiger partial charge in [-0.15, -0.1) is 0 Å². The third kappa shape index (κ3) is 1.71. The largest absolute Gasteiger partial charge is 0.321 e. The molecule has 0 aliphatic heterocycles. The van der Waals surface area contributed by atoms with Crippen LogP contribution >= 0.6 is 24.4 Å². The monoisotopic (exact) mass is 173 g/mol. The van der Waals surface area contributed by atoms with Crippen molar-refractivity contribution in [2.75, 3.05) is 0 Å². The molecule has 0 aliphatic carbocycles. The first kappa shape index (κ1) is 7.56. The van der Waals surface area contributed by atoms with Gasteiger partial charge in [-0.2, -0.15) is 0 Å². The average Bonchev–Trinajstić information content (AvgIpc) is 1.85. The van der Waals surface area contributed by atoms with E-state index < -0.39 is 0 Å². The molecule has 1 aromatic heterocycles. The molecule has 0 aliphatic rings. The second-order valence-electron chi connectivity index (χ2n) is 1.80. The lowest BCUT2D eigenvalue weighted by atomic mass is 10.5. The minimum absolute atomic E-state index is 0.445. The number of aromatic amines is 2. The summed E-state index contributed by atoms with van der Waals surface area (Å²) in [6.45, 7) is 1.99. The molecule has 10 heavy (non-hydrogen) atoms. The third-order valence-electron chi connectivity index (χ3n) is 1.05. The predicted octanol–water partition coefficient (Wildman–Crippen LogP) is 1.76. The molecule has 1 rings (SSSR count). The molecule has 2 N–H and O–H groups in total. The van der Waals surface area contributed by atoms with Crippen molar-refractivity contribution in [3.8, 4) is 0 Å². The summed E-state index contributed by atoms with van der Waals surface area (Å²) in [6, 6.07) is 0. The van der Waals surface area contributed by atoms with Gasteiger partial charge in [-0.1, -0.05) is 6.92 Å². The molecule has 54 valence electrons. The Labute approximate surface area is 68.5 Å². The van der Waals surface area contributed by atoms with E-state index in [9.17, 15) is 0 Å². The molecular weight excluding hydrogens is 166 g/mol. The van der Waals surface area contributed by atoms with Crippen molar-refractivity contribution in [1.29, 1.82) is 0 Å². The molecule has 0 saturated carbocycles. The third-order valence-corrected chi connectivity index (χ3v) is 1.45. The van der Waals surface area contributed by atoms with Crippen LogP contribution in [0.3, 0.4) is 0 Å². The Morgan fingerprint density at radius 3 is 2.60 bits per heavy atom. The molecule has 0 bridgehead atoms. The van der Waals surface area contributed by atoms with Crippen LogP contribution in [-0.4, -0.2) is 15.0 Å². The first-order valence-corrected chi connectivity index (χ1v) is 3.73. The van der Waals surface area contributed by atoms with Gasteiger partial charge in [0, 0.05) is 6.42 Å². The van der Waals surface area contributed by atoms with Gasteiger partial charge in [0.2, 0.25) is 4.77 Å². The van der Waals surface area contributed by atoms with Gasteiger partial charge < -0.3 is 9.97 Å². The van der Waals surface area contributed by atoms with Gasteiger partial charge in [-0.25, -0.2) is 4.98 Å². The van der Waals surface area contributed by atoms with E-state index in [0.29, 0.717) is 9.54 Å². The van der Waals surface area contributed by atoms with Crippen LogP contribution in [0.4, 0.5) is 0 Å². The quantitative estimate of drug-likeness (QED) is 0.636. The standard InChI is InChI=1S/C5H7N3S2/c1-2-3-6-4(9)8-5(10)7-3/h2H2,1H3,(H2,6,7,8,9,10). The molecule has 0 unspecified atom stereocenters. The highest BCUT2D eigenvalue weighted by molar-refractivity contribution is 7.71. The summed E-state index contributed by atoms with van der Waals surface area (Å²) in [4.78, 5) is 9.58. The number of aromatic nitrogens is 3. The Kier molecular flexibility index (Phi) is 2.29. The molecule has 0 fully saturated rings. The number of nitrogens with one attached hydrogen (secondary N) is 2. The lowest BCUT2D eigenvalue weighted by molar-refractivity contribution is 0.874. The minimum atomic E-state index is 0.445. The van der Waals surface area contributed by atoms with Gasteiger partial charge in [0.25, 0.3) is 0 Å². The van der Waals surface area contributed by atoms with E-state index in [1.165, 1.54) is 0 Å². The van der Waals surface area contributed by atoms with E-state index in [1.807, 2.05) is 6.92 Å². The number of rotatable bonds is 1. The minimum Gasteiger partial charge on any atom is -0.321 e. The summed E-state index contributed by atoms with van der Waals surface area (Å²) in [6.07, 6.45) is 0.821. The highest BCUT2D eigenvalue weighted by Crippen LogP contribution is 1.88. The molecule has 0 spiro atoms. The van der Waals surface area contributed by atoms with E-state index >= 15 is 0 Å². The predicted molar refractivity (Wildman–Crippen MR) is 44.0 cm³/mol. The van der Waals surface area contributed by atoms with E-state index in [4.69, 9.17) is 24.4 Å². The van der Waals surface area contributed by atoms with Crippen LogP contribution in [0, 0.1) is 9.54 Å². The number of hydrogen-bond acceptors (Lipinski definition) is 3. The van der Waals surface area contributed by atoms with Crippen molar-refractivity contribution in [1.82, 2.24) is 15.0 Å². The zero-order valence-electron chi connectivity index (χ0n) is 5.47. The van der Waals surface area contributed by atoms with Crippen molar-refractivity contribution < 1.29 is 0 Å². The number of aryl methyl sites for hydroxylation is 1. The molecule has 0 saturated heterocycles. The van der Waals surface area contributed by atoms with E-state index in [-0.39, 0.29) is 0 Å². The van der Waals surface area contributed by atoms with Crippen LogP contribution in [0.15, 0.2) is 0 Å². The summed E-state index contributed by atoms with van der Waals surface area (Å²) >= 11 is 9.64. The molecule has 0 amide bonds. The molecule has 0 atom stereocenters. The van der Waals surface area contributed by atoms with Crippen molar-refractivity contribution in [3.05, 3.63) is 15.4 Å². The summed E-state index contributed by atoms with van der Waals surface area (Å²) in [5.74, 6) is 0.828. The van der Waals surface area contributed by atoms with Gasteiger partial charge in [0.1, 0.15) is 5.82 Å². The highest BCUT2D eigenvalue weighted by atomic mass is 32.1. The fourth-order valence-electron chi connectivity index (χ4n) is 0.605. The molecule has 3 nitrogen and oxygen atoms in total. The Bertz CT molecular complexity index is 296. The zero-order chi connectivity index (χ0) is 7.56. The van der Waals surface area contributed by atoms with Crippen LogP contribution in [0.25, 0.3) is 0 Å². The second-order valence-corrected chi connectivity index (χ2v) is 2.59. The maximum atomic E-state index is 4.84. The fraction of sp³-hybridized carbons (Fsp3) is 0.400. The van der Waals surface area contributed by atoms with Crippen molar-refractivity contribution >= 4 is 24.4 Å². The second kappa shape index (κ2) is 3.03. The van der Waals surface area contributed by atoms with Crippen LogP contribution in [0.5, 0.6) is 0 Å². The van der Waals surface area contributed by atoms with Crippen molar-refractivity contribution in [2.24, 2.45) is 0 Å². The average molecular weight is 173 g/mol. The molecule has 0 aromatic carbocycles. The normalized spacial score (nSPS) is 9.70. The summed E-state index contributed by atoms with van der Waals surface area (Å²) in [5.41, 5.74) is 0.